The summed E-state index contributed by atoms with van der Waals surface area (Å²) in [4.78, 5) is 28.6. The first-order valence-corrected chi connectivity index (χ1v) is 9.70. The average molecular weight is 364 g/mol. The fourth-order valence-corrected chi connectivity index (χ4v) is 3.43. The molecular formula is C19H33N5O2. The molecule has 7 heteroatoms. The lowest BCUT2D eigenvalue weighted by molar-refractivity contribution is -0.135. The van der Waals surface area contributed by atoms with E-state index >= 15 is 0 Å². The van der Waals surface area contributed by atoms with Crippen LogP contribution in [0.2, 0.25) is 0 Å². The largest absolute Gasteiger partial charge is 0.342 e. The summed E-state index contributed by atoms with van der Waals surface area (Å²) < 4.78 is 1.75. The van der Waals surface area contributed by atoms with E-state index in [9.17, 15) is 9.59 Å². The van der Waals surface area contributed by atoms with Crippen LogP contribution in [0.15, 0.2) is 6.20 Å². The first kappa shape index (κ1) is 20.4. The molecule has 0 radical (unpaired) electrons. The Hall–Kier alpha value is -1.92. The van der Waals surface area contributed by atoms with Gasteiger partial charge in [0.25, 0.3) is 5.91 Å². The van der Waals surface area contributed by atoms with Gasteiger partial charge in [0.15, 0.2) is 5.69 Å². The third kappa shape index (κ3) is 5.54. The lowest BCUT2D eigenvalue weighted by atomic mass is 9.90. The van der Waals surface area contributed by atoms with Gasteiger partial charge in [-0.1, -0.05) is 26.0 Å². The van der Waals surface area contributed by atoms with Gasteiger partial charge < -0.3 is 9.80 Å². The van der Waals surface area contributed by atoms with Crippen molar-refractivity contribution in [2.24, 2.45) is 11.3 Å². The molecule has 0 bridgehead atoms. The Bertz CT molecular complexity index is 616. The number of hydrogen-bond acceptors (Lipinski definition) is 4. The Morgan fingerprint density at radius 2 is 1.96 bits per heavy atom. The molecule has 1 aliphatic rings. The molecule has 0 N–H and O–H groups in total. The maximum absolute atomic E-state index is 12.5. The van der Waals surface area contributed by atoms with Gasteiger partial charge >= 0.3 is 0 Å². The van der Waals surface area contributed by atoms with E-state index in [1.807, 2.05) is 18.7 Å². The van der Waals surface area contributed by atoms with Crippen LogP contribution in [0.1, 0.15) is 64.4 Å². The molecule has 146 valence electrons. The van der Waals surface area contributed by atoms with Crippen molar-refractivity contribution in [3.8, 4) is 0 Å². The number of nitrogens with zero attached hydrogens (tertiary/aromatic N) is 5. The van der Waals surface area contributed by atoms with Crippen molar-refractivity contribution in [1.82, 2.24) is 24.8 Å². The summed E-state index contributed by atoms with van der Waals surface area (Å²) in [5.41, 5.74) is 0.403. The normalized spacial score (nSPS) is 18.0. The van der Waals surface area contributed by atoms with Crippen molar-refractivity contribution in [3.63, 3.8) is 0 Å². The number of amides is 2. The summed E-state index contributed by atoms with van der Waals surface area (Å²) in [7, 11) is 0. The molecule has 0 spiro atoms. The van der Waals surface area contributed by atoms with Crippen LogP contribution >= 0.6 is 0 Å². The van der Waals surface area contributed by atoms with E-state index in [0.717, 1.165) is 25.9 Å². The maximum Gasteiger partial charge on any atom is 0.276 e. The molecule has 1 aliphatic heterocycles. The zero-order valence-corrected chi connectivity index (χ0v) is 16.9. The molecule has 26 heavy (non-hydrogen) atoms. The van der Waals surface area contributed by atoms with E-state index in [0.29, 0.717) is 37.7 Å². The van der Waals surface area contributed by atoms with Crippen LogP contribution in [0.25, 0.3) is 0 Å². The highest BCUT2D eigenvalue weighted by Crippen LogP contribution is 2.24. The van der Waals surface area contributed by atoms with E-state index in [1.54, 1.807) is 15.8 Å². The van der Waals surface area contributed by atoms with Crippen molar-refractivity contribution in [1.29, 1.82) is 0 Å². The Balaban J connectivity index is 1.94. The number of rotatable bonds is 6. The monoisotopic (exact) mass is 363 g/mol. The predicted octanol–water partition coefficient (Wildman–Crippen LogP) is 2.43. The molecule has 2 heterocycles. The van der Waals surface area contributed by atoms with Crippen molar-refractivity contribution in [3.05, 3.63) is 11.9 Å². The summed E-state index contributed by atoms with van der Waals surface area (Å²) in [6.45, 7) is 13.8. The molecule has 0 aliphatic carbocycles. The van der Waals surface area contributed by atoms with Gasteiger partial charge in [-0.05, 0) is 38.0 Å². The topological polar surface area (TPSA) is 71.3 Å². The van der Waals surface area contributed by atoms with Gasteiger partial charge in [-0.15, -0.1) is 5.10 Å². The molecule has 2 amide bonds. The molecule has 1 aromatic rings. The lowest BCUT2D eigenvalue weighted by Crippen LogP contribution is -2.42. The SMILES string of the molecule is CCN(CC)C(=O)c1cn(C[C@@H]2CCCN(C(=O)CC(C)(C)C)C2)nn1. The molecule has 1 fully saturated rings. The number of likely N-dealkylation sites (tertiary alicyclic amines) is 1. The maximum atomic E-state index is 12.5. The van der Waals surface area contributed by atoms with Crippen LogP contribution < -0.4 is 0 Å². The van der Waals surface area contributed by atoms with Crippen LogP contribution in [0.4, 0.5) is 0 Å². The quantitative estimate of drug-likeness (QED) is 0.778. The summed E-state index contributed by atoms with van der Waals surface area (Å²) in [5.74, 6) is 0.510. The van der Waals surface area contributed by atoms with E-state index in [2.05, 4.69) is 31.1 Å². The zero-order chi connectivity index (χ0) is 19.3. The van der Waals surface area contributed by atoms with Gasteiger partial charge in [0.2, 0.25) is 5.91 Å². The van der Waals surface area contributed by atoms with Gasteiger partial charge in [-0.2, -0.15) is 0 Å². The fourth-order valence-electron chi connectivity index (χ4n) is 3.43. The molecule has 1 saturated heterocycles. The highest BCUT2D eigenvalue weighted by atomic mass is 16.2. The van der Waals surface area contributed by atoms with Crippen molar-refractivity contribution in [2.75, 3.05) is 26.2 Å². The Labute approximate surface area is 156 Å². The highest BCUT2D eigenvalue weighted by molar-refractivity contribution is 5.91. The van der Waals surface area contributed by atoms with Gasteiger partial charge in [-0.25, -0.2) is 0 Å². The van der Waals surface area contributed by atoms with Crippen LogP contribution in [0, 0.1) is 11.3 Å². The third-order valence-electron chi connectivity index (χ3n) is 4.81. The van der Waals surface area contributed by atoms with Crippen LogP contribution in [-0.2, 0) is 11.3 Å². The fraction of sp³-hybridized carbons (Fsp3) is 0.789. The molecule has 0 aromatic carbocycles. The summed E-state index contributed by atoms with van der Waals surface area (Å²) in [6, 6.07) is 0. The van der Waals surface area contributed by atoms with Gasteiger partial charge in [0.05, 0.1) is 6.20 Å². The molecule has 0 unspecified atom stereocenters. The number of aromatic nitrogens is 3. The first-order chi connectivity index (χ1) is 12.2. The van der Waals surface area contributed by atoms with Gasteiger partial charge in [0.1, 0.15) is 0 Å². The smallest absolute Gasteiger partial charge is 0.276 e. The molecule has 1 atom stereocenters. The van der Waals surface area contributed by atoms with Crippen LogP contribution in [0.3, 0.4) is 0 Å². The van der Waals surface area contributed by atoms with E-state index in [-0.39, 0.29) is 17.2 Å². The number of carbonyl (C=O) groups excluding carboxylic acids is 2. The van der Waals surface area contributed by atoms with E-state index in [4.69, 9.17) is 0 Å². The standard InChI is InChI=1S/C19H33N5O2/c1-6-22(7-2)18(26)16-14-24(21-20-16)13-15-9-8-10-23(12-15)17(25)11-19(3,4)5/h14-15H,6-13H2,1-5H3/t15-/m1/s1. The minimum Gasteiger partial charge on any atom is -0.342 e. The summed E-state index contributed by atoms with van der Waals surface area (Å²) in [6.07, 6.45) is 4.39. The molecule has 1 aromatic heterocycles. The molecule has 0 saturated carbocycles. The molecule has 2 rings (SSSR count). The Morgan fingerprint density at radius 3 is 2.58 bits per heavy atom. The summed E-state index contributed by atoms with van der Waals surface area (Å²) in [5, 5.41) is 8.17. The second-order valence-electron chi connectivity index (χ2n) is 8.39. The number of piperidine rings is 1. The second-order valence-corrected chi connectivity index (χ2v) is 8.39. The second kappa shape index (κ2) is 8.64. The Morgan fingerprint density at radius 1 is 1.27 bits per heavy atom. The molecular weight excluding hydrogens is 330 g/mol. The summed E-state index contributed by atoms with van der Waals surface area (Å²) >= 11 is 0. The first-order valence-electron chi connectivity index (χ1n) is 9.70. The third-order valence-corrected chi connectivity index (χ3v) is 4.81. The van der Waals surface area contributed by atoms with Crippen molar-refractivity contribution in [2.45, 2.75) is 60.4 Å². The van der Waals surface area contributed by atoms with Crippen LogP contribution in [-0.4, -0.2) is 62.8 Å². The minimum atomic E-state index is -0.0770. The van der Waals surface area contributed by atoms with Crippen LogP contribution in [0.5, 0.6) is 0 Å². The molecule has 7 nitrogen and oxygen atoms in total. The van der Waals surface area contributed by atoms with Gasteiger partial charge in [0, 0.05) is 39.1 Å². The van der Waals surface area contributed by atoms with E-state index < -0.39 is 0 Å². The Kier molecular flexibility index (Phi) is 6.78. The lowest BCUT2D eigenvalue weighted by Gasteiger charge is -2.34. The number of hydrogen-bond donors (Lipinski definition) is 0. The van der Waals surface area contributed by atoms with Gasteiger partial charge in [-0.3, -0.25) is 14.3 Å². The zero-order valence-electron chi connectivity index (χ0n) is 16.9. The average Bonchev–Trinajstić information content (AvgIpc) is 3.03. The number of carbonyl (C=O) groups is 2. The minimum absolute atomic E-state index is 0.00955. The van der Waals surface area contributed by atoms with Crippen molar-refractivity contribution < 1.29 is 9.59 Å². The van der Waals surface area contributed by atoms with Crippen molar-refractivity contribution >= 4 is 11.8 Å². The predicted molar refractivity (Wildman–Crippen MR) is 101 cm³/mol. The highest BCUT2D eigenvalue weighted by Gasteiger charge is 2.27. The van der Waals surface area contributed by atoms with E-state index in [1.165, 1.54) is 0 Å².